The molecule has 20 heavy (non-hydrogen) atoms. The SMILES string of the molecule is C=C1CCC1(CC)/C(=C/N(C)C(=O)OC(C)(C)C)CC. The average Bonchev–Trinajstić information content (AvgIpc) is 2.34. The van der Waals surface area contributed by atoms with E-state index in [2.05, 4.69) is 20.4 Å². The molecule has 1 aliphatic carbocycles. The van der Waals surface area contributed by atoms with Crippen LogP contribution in [0, 0.1) is 5.41 Å². The van der Waals surface area contributed by atoms with Crippen molar-refractivity contribution in [3.8, 4) is 0 Å². The highest BCUT2D eigenvalue weighted by molar-refractivity contribution is 5.69. The highest BCUT2D eigenvalue weighted by Crippen LogP contribution is 2.54. The van der Waals surface area contributed by atoms with Crippen LogP contribution in [0.25, 0.3) is 0 Å². The predicted octanol–water partition coefficient (Wildman–Crippen LogP) is 4.89. The normalized spacial score (nSPS) is 23.3. The number of carbonyl (C=O) groups excluding carboxylic acids is 1. The maximum absolute atomic E-state index is 12.0. The van der Waals surface area contributed by atoms with Crippen LogP contribution in [0.5, 0.6) is 0 Å². The minimum atomic E-state index is -0.464. The first kappa shape index (κ1) is 16.8. The minimum Gasteiger partial charge on any atom is -0.443 e. The molecule has 1 rings (SSSR count). The summed E-state index contributed by atoms with van der Waals surface area (Å²) in [6.45, 7) is 14.2. The number of ether oxygens (including phenoxy) is 1. The molecule has 3 heteroatoms. The summed E-state index contributed by atoms with van der Waals surface area (Å²) >= 11 is 0. The van der Waals surface area contributed by atoms with E-state index in [-0.39, 0.29) is 11.5 Å². The number of nitrogens with zero attached hydrogens (tertiary/aromatic N) is 1. The first-order valence-electron chi connectivity index (χ1n) is 7.51. The number of hydrogen-bond donors (Lipinski definition) is 0. The number of amides is 1. The molecule has 3 nitrogen and oxygen atoms in total. The van der Waals surface area contributed by atoms with Crippen molar-refractivity contribution in [2.75, 3.05) is 7.05 Å². The first-order chi connectivity index (χ1) is 9.16. The van der Waals surface area contributed by atoms with E-state index < -0.39 is 5.60 Å². The van der Waals surface area contributed by atoms with Gasteiger partial charge in [0.2, 0.25) is 0 Å². The van der Waals surface area contributed by atoms with Gasteiger partial charge in [0.15, 0.2) is 0 Å². The van der Waals surface area contributed by atoms with Crippen molar-refractivity contribution >= 4 is 6.09 Å². The molecule has 0 spiro atoms. The van der Waals surface area contributed by atoms with Gasteiger partial charge in [-0.25, -0.2) is 4.79 Å². The van der Waals surface area contributed by atoms with Crippen LogP contribution in [-0.4, -0.2) is 23.6 Å². The summed E-state index contributed by atoms with van der Waals surface area (Å²) in [5.41, 5.74) is 2.22. The molecular formula is C17H29NO2. The van der Waals surface area contributed by atoms with Crippen molar-refractivity contribution in [3.63, 3.8) is 0 Å². The van der Waals surface area contributed by atoms with Gasteiger partial charge in [-0.05, 0) is 52.0 Å². The van der Waals surface area contributed by atoms with Crippen LogP contribution in [0.4, 0.5) is 4.79 Å². The van der Waals surface area contributed by atoms with Gasteiger partial charge in [-0.2, -0.15) is 0 Å². The molecule has 0 heterocycles. The van der Waals surface area contributed by atoms with Crippen molar-refractivity contribution in [1.82, 2.24) is 4.90 Å². The second-order valence-corrected chi connectivity index (χ2v) is 6.64. The molecule has 0 radical (unpaired) electrons. The third kappa shape index (κ3) is 3.44. The number of carbonyl (C=O) groups is 1. The second kappa shape index (κ2) is 6.02. The van der Waals surface area contributed by atoms with Crippen LogP contribution in [0.15, 0.2) is 23.9 Å². The molecule has 0 N–H and O–H groups in total. The van der Waals surface area contributed by atoms with Crippen LogP contribution < -0.4 is 0 Å². The molecule has 1 fully saturated rings. The Kier molecular flexibility index (Phi) is 5.06. The van der Waals surface area contributed by atoms with Crippen molar-refractivity contribution in [3.05, 3.63) is 23.9 Å². The second-order valence-electron chi connectivity index (χ2n) is 6.64. The van der Waals surface area contributed by atoms with Gasteiger partial charge in [-0.1, -0.05) is 26.0 Å². The van der Waals surface area contributed by atoms with E-state index in [0.717, 1.165) is 25.7 Å². The summed E-state index contributed by atoms with van der Waals surface area (Å²) in [5, 5.41) is 0. The lowest BCUT2D eigenvalue weighted by molar-refractivity contribution is 0.0368. The zero-order valence-electron chi connectivity index (χ0n) is 13.9. The molecule has 0 aromatic carbocycles. The lowest BCUT2D eigenvalue weighted by atomic mass is 9.59. The van der Waals surface area contributed by atoms with Gasteiger partial charge in [0.05, 0.1) is 0 Å². The van der Waals surface area contributed by atoms with Crippen LogP contribution in [0.1, 0.15) is 60.3 Å². The zero-order chi connectivity index (χ0) is 15.6. The maximum Gasteiger partial charge on any atom is 0.414 e. The van der Waals surface area contributed by atoms with Gasteiger partial charge in [-0.15, -0.1) is 0 Å². The lowest BCUT2D eigenvalue weighted by Gasteiger charge is -2.46. The van der Waals surface area contributed by atoms with Gasteiger partial charge in [0.1, 0.15) is 5.60 Å². The van der Waals surface area contributed by atoms with E-state index in [4.69, 9.17) is 4.74 Å². The van der Waals surface area contributed by atoms with Crippen LogP contribution in [-0.2, 0) is 4.74 Å². The van der Waals surface area contributed by atoms with E-state index in [0.29, 0.717) is 0 Å². The smallest absolute Gasteiger partial charge is 0.414 e. The molecule has 1 atom stereocenters. The fourth-order valence-electron chi connectivity index (χ4n) is 2.82. The third-order valence-electron chi connectivity index (χ3n) is 4.16. The van der Waals surface area contributed by atoms with Crippen molar-refractivity contribution < 1.29 is 9.53 Å². The number of hydrogen-bond acceptors (Lipinski definition) is 2. The molecule has 114 valence electrons. The Morgan fingerprint density at radius 3 is 2.35 bits per heavy atom. The van der Waals surface area contributed by atoms with Crippen LogP contribution in [0.3, 0.4) is 0 Å². The Morgan fingerprint density at radius 1 is 1.45 bits per heavy atom. The minimum absolute atomic E-state index is 0.102. The zero-order valence-corrected chi connectivity index (χ0v) is 13.9. The summed E-state index contributed by atoms with van der Waals surface area (Å²) in [6.07, 6.45) is 5.86. The molecule has 0 bridgehead atoms. The first-order valence-corrected chi connectivity index (χ1v) is 7.51. The Bertz CT molecular complexity index is 413. The largest absolute Gasteiger partial charge is 0.443 e. The van der Waals surface area contributed by atoms with Crippen molar-refractivity contribution in [2.45, 2.75) is 65.9 Å². The molecule has 1 saturated carbocycles. The van der Waals surface area contributed by atoms with Crippen molar-refractivity contribution in [2.24, 2.45) is 5.41 Å². The lowest BCUT2D eigenvalue weighted by Crippen LogP contribution is -2.36. The molecule has 0 aromatic rings. The Labute approximate surface area is 123 Å². The topological polar surface area (TPSA) is 29.5 Å². The van der Waals surface area contributed by atoms with Crippen molar-refractivity contribution in [1.29, 1.82) is 0 Å². The molecule has 1 aliphatic rings. The molecular weight excluding hydrogens is 250 g/mol. The number of rotatable bonds is 4. The number of allylic oxidation sites excluding steroid dienone is 2. The van der Waals surface area contributed by atoms with Crippen LogP contribution in [0.2, 0.25) is 0 Å². The summed E-state index contributed by atoms with van der Waals surface area (Å²) in [7, 11) is 1.76. The summed E-state index contributed by atoms with van der Waals surface area (Å²) in [4.78, 5) is 13.6. The molecule has 0 aromatic heterocycles. The van der Waals surface area contributed by atoms with Gasteiger partial charge < -0.3 is 4.74 Å². The molecule has 1 unspecified atom stereocenters. The van der Waals surface area contributed by atoms with E-state index in [1.54, 1.807) is 11.9 Å². The summed E-state index contributed by atoms with van der Waals surface area (Å²) < 4.78 is 5.39. The summed E-state index contributed by atoms with van der Waals surface area (Å²) in [5.74, 6) is 0. The molecule has 1 amide bonds. The monoisotopic (exact) mass is 279 g/mol. The third-order valence-corrected chi connectivity index (χ3v) is 4.16. The Morgan fingerprint density at radius 2 is 2.05 bits per heavy atom. The fraction of sp³-hybridized carbons (Fsp3) is 0.706. The predicted molar refractivity (Wildman–Crippen MR) is 83.5 cm³/mol. The van der Waals surface area contributed by atoms with E-state index in [1.165, 1.54) is 11.1 Å². The Hall–Kier alpha value is -1.25. The average molecular weight is 279 g/mol. The Balaban J connectivity index is 2.89. The van der Waals surface area contributed by atoms with E-state index in [1.807, 2.05) is 27.0 Å². The van der Waals surface area contributed by atoms with Gasteiger partial charge in [0, 0.05) is 18.7 Å². The molecule has 0 aliphatic heterocycles. The van der Waals surface area contributed by atoms with Gasteiger partial charge in [-0.3, -0.25) is 4.90 Å². The van der Waals surface area contributed by atoms with Gasteiger partial charge in [0.25, 0.3) is 0 Å². The van der Waals surface area contributed by atoms with E-state index in [9.17, 15) is 4.79 Å². The maximum atomic E-state index is 12.0. The quantitative estimate of drug-likeness (QED) is 0.685. The fourth-order valence-corrected chi connectivity index (χ4v) is 2.82. The van der Waals surface area contributed by atoms with Gasteiger partial charge >= 0.3 is 6.09 Å². The standard InChI is InChI=1S/C17H29NO2/c1-8-14(17(9-2)11-10-13(17)3)12-18(7)15(19)20-16(4,5)6/h12H,3,8-11H2,1-2,4-7H3/b14-12+. The molecule has 0 saturated heterocycles. The highest BCUT2D eigenvalue weighted by Gasteiger charge is 2.41. The van der Waals surface area contributed by atoms with Crippen LogP contribution >= 0.6 is 0 Å². The summed E-state index contributed by atoms with van der Waals surface area (Å²) in [6, 6.07) is 0. The van der Waals surface area contributed by atoms with E-state index >= 15 is 0 Å². The highest BCUT2D eigenvalue weighted by atomic mass is 16.6.